The Morgan fingerprint density at radius 1 is 0.765 bits per heavy atom. The molecule has 0 heterocycles. The number of carbonyl (C=O) groups excluding carboxylic acids is 1. The summed E-state index contributed by atoms with van der Waals surface area (Å²) in [6, 6.07) is 0.761. The molecule has 12 heteroatoms. The Bertz CT molecular complexity index is 571. The Morgan fingerprint density at radius 3 is 1.65 bits per heavy atom. The molecule has 202 valence electrons. The van der Waals surface area contributed by atoms with Crippen LogP contribution in [-0.4, -0.2) is 84.0 Å². The molecule has 1 N–H and O–H groups in total. The fourth-order valence-corrected chi connectivity index (χ4v) is 17.6. The summed E-state index contributed by atoms with van der Waals surface area (Å²) < 4.78 is 36.1. The number of carbonyl (C=O) groups is 1. The molecule has 1 unspecified atom stereocenters. The van der Waals surface area contributed by atoms with Crippen molar-refractivity contribution >= 4 is 39.7 Å². The van der Waals surface area contributed by atoms with Crippen LogP contribution in [0.2, 0.25) is 65.0 Å². The summed E-state index contributed by atoms with van der Waals surface area (Å²) in [7, 11) is -8.40. The van der Waals surface area contributed by atoms with Crippen LogP contribution in [0.1, 0.15) is 19.8 Å². The Morgan fingerprint density at radius 2 is 1.21 bits per heavy atom. The van der Waals surface area contributed by atoms with Crippen LogP contribution in [0.25, 0.3) is 0 Å². The average molecular weight is 555 g/mol. The molecule has 0 saturated carbocycles. The number of hydrogen-bond donors (Lipinski definition) is 1. The highest BCUT2D eigenvalue weighted by Crippen LogP contribution is 2.29. The Hall–Kier alpha value is -0.162. The minimum atomic E-state index is -2.81. The number of aliphatic hydroxyl groups excluding tert-OH is 1. The molecule has 0 aromatic rings. The van der Waals surface area contributed by atoms with E-state index in [1.165, 1.54) is 0 Å². The van der Waals surface area contributed by atoms with E-state index in [1.54, 1.807) is 6.92 Å². The molecule has 0 aromatic carbocycles. The van der Waals surface area contributed by atoms with Crippen molar-refractivity contribution in [2.75, 3.05) is 33.0 Å². The topological polar surface area (TPSA) is 92.7 Å². The number of ether oxygens (including phenoxy) is 3. The van der Waals surface area contributed by atoms with Gasteiger partial charge in [-0.15, -0.1) is 0 Å². The summed E-state index contributed by atoms with van der Waals surface area (Å²) in [4.78, 5) is 11.3. The van der Waals surface area contributed by atoms with Gasteiger partial charge in [-0.1, -0.05) is 6.58 Å². The van der Waals surface area contributed by atoms with Gasteiger partial charge in [0.25, 0.3) is 0 Å². The molecule has 0 saturated heterocycles. The molecule has 0 aliphatic rings. The lowest BCUT2D eigenvalue weighted by molar-refractivity contribution is -0.143. The van der Waals surface area contributed by atoms with Gasteiger partial charge >= 0.3 is 14.8 Å². The summed E-state index contributed by atoms with van der Waals surface area (Å²) in [5.74, 6) is -0.514. The smallest absolute Gasteiger partial charge is 0.460 e. The molecule has 0 bridgehead atoms. The van der Waals surface area contributed by atoms with Gasteiger partial charge < -0.3 is 31.7 Å². The third-order valence-corrected chi connectivity index (χ3v) is 15.8. The van der Waals surface area contributed by atoms with Crippen molar-refractivity contribution in [2.24, 2.45) is 0 Å². The molecule has 0 rings (SSSR count). The summed E-state index contributed by atoms with van der Waals surface area (Å²) in [5, 5.41) is 9.78. The average Bonchev–Trinajstić information content (AvgIpc) is 2.60. The largest absolute Gasteiger partial charge is 0.469 e. The summed E-state index contributed by atoms with van der Waals surface area (Å²) in [6.07, 6.45) is 0.675. The summed E-state index contributed by atoms with van der Waals surface area (Å²) in [6.45, 7) is 26.4. The van der Waals surface area contributed by atoms with Gasteiger partial charge in [0.15, 0.2) is 25.0 Å². The maximum absolute atomic E-state index is 11.3. The SMILES string of the molecule is C=C(C)C(=O)OCC(O)COCCCOCCC[Si](O[Si](C)(C)C)(O[Si](C)(C)C)O[Si](C)(C)C. The fourth-order valence-electron chi connectivity index (χ4n) is 2.93. The zero-order valence-corrected chi connectivity index (χ0v) is 27.2. The first kappa shape index (κ1) is 33.8. The van der Waals surface area contributed by atoms with E-state index in [0.29, 0.717) is 31.8 Å². The van der Waals surface area contributed by atoms with Gasteiger partial charge in [0.1, 0.15) is 12.7 Å². The highest BCUT2D eigenvalue weighted by Gasteiger charge is 2.49. The molecule has 34 heavy (non-hydrogen) atoms. The first-order valence-electron chi connectivity index (χ1n) is 12.1. The van der Waals surface area contributed by atoms with E-state index in [1.807, 2.05) is 0 Å². The normalized spacial score (nSPS) is 14.2. The third-order valence-electron chi connectivity index (χ3n) is 3.80. The molecule has 8 nitrogen and oxygen atoms in total. The lowest BCUT2D eigenvalue weighted by Crippen LogP contribution is -2.60. The Balaban J connectivity index is 4.43. The second kappa shape index (κ2) is 15.2. The van der Waals surface area contributed by atoms with Gasteiger partial charge in [0.05, 0.1) is 6.61 Å². The van der Waals surface area contributed by atoms with Crippen molar-refractivity contribution in [2.45, 2.75) is 90.8 Å². The van der Waals surface area contributed by atoms with E-state index in [2.05, 4.69) is 65.5 Å². The highest BCUT2D eigenvalue weighted by molar-refractivity contribution is 6.90. The highest BCUT2D eigenvalue weighted by atomic mass is 28.5. The molecular formula is C22H50O8Si4. The van der Waals surface area contributed by atoms with Crippen molar-refractivity contribution in [3.63, 3.8) is 0 Å². The lowest BCUT2D eigenvalue weighted by atomic mass is 10.3. The van der Waals surface area contributed by atoms with Gasteiger partial charge in [-0.05, 0) is 78.7 Å². The Kier molecular flexibility index (Phi) is 15.1. The molecule has 0 fully saturated rings. The van der Waals surface area contributed by atoms with E-state index in [9.17, 15) is 9.90 Å². The summed E-state index contributed by atoms with van der Waals surface area (Å²) in [5.41, 5.74) is 0.302. The standard InChI is InChI=1S/C22H50O8Si4/c1-20(2)22(24)27-19-21(23)18-26-15-12-14-25-16-13-17-34(28-31(3,4)5,29-32(6,7)8)30-33(9,10)11/h21,23H,1,12-19H2,2-11H3. The van der Waals surface area contributed by atoms with Gasteiger partial charge in [0.2, 0.25) is 0 Å². The quantitative estimate of drug-likeness (QED) is 0.106. The van der Waals surface area contributed by atoms with E-state index >= 15 is 0 Å². The predicted molar refractivity (Wildman–Crippen MR) is 147 cm³/mol. The van der Waals surface area contributed by atoms with Crippen molar-refractivity contribution in [3.05, 3.63) is 12.2 Å². The van der Waals surface area contributed by atoms with Crippen molar-refractivity contribution in [1.29, 1.82) is 0 Å². The molecule has 0 spiro atoms. The monoisotopic (exact) mass is 554 g/mol. The summed E-state index contributed by atoms with van der Waals surface area (Å²) >= 11 is 0. The molecule has 0 aromatic heterocycles. The minimum absolute atomic E-state index is 0.105. The van der Waals surface area contributed by atoms with Crippen LogP contribution in [0, 0.1) is 0 Å². The van der Waals surface area contributed by atoms with Gasteiger partial charge in [0, 0.05) is 31.4 Å². The number of aliphatic hydroxyl groups is 1. The zero-order chi connectivity index (χ0) is 26.6. The Labute approximate surface area is 212 Å². The van der Waals surface area contributed by atoms with E-state index in [0.717, 1.165) is 12.5 Å². The maximum Gasteiger partial charge on any atom is 0.469 e. The number of hydrogen-bond acceptors (Lipinski definition) is 8. The van der Waals surface area contributed by atoms with Crippen LogP contribution in [0.15, 0.2) is 12.2 Å². The molecule has 1 atom stereocenters. The number of rotatable bonds is 19. The zero-order valence-electron chi connectivity index (χ0n) is 23.2. The molecule has 0 aliphatic heterocycles. The van der Waals surface area contributed by atoms with Crippen molar-refractivity contribution in [3.8, 4) is 0 Å². The van der Waals surface area contributed by atoms with Crippen LogP contribution >= 0.6 is 0 Å². The molecule has 0 radical (unpaired) electrons. The minimum Gasteiger partial charge on any atom is -0.460 e. The van der Waals surface area contributed by atoms with Crippen molar-refractivity contribution < 1.29 is 36.5 Å². The van der Waals surface area contributed by atoms with E-state index in [4.69, 9.17) is 26.6 Å². The van der Waals surface area contributed by atoms with Crippen LogP contribution < -0.4 is 0 Å². The van der Waals surface area contributed by atoms with E-state index < -0.39 is 45.8 Å². The predicted octanol–water partition coefficient (Wildman–Crippen LogP) is 4.77. The first-order valence-corrected chi connectivity index (χ1v) is 24.3. The number of esters is 1. The van der Waals surface area contributed by atoms with Crippen LogP contribution in [-0.2, 0) is 31.4 Å². The molecule has 0 aliphatic carbocycles. The lowest BCUT2D eigenvalue weighted by Gasteiger charge is -2.42. The maximum atomic E-state index is 11.3. The first-order chi connectivity index (χ1) is 15.3. The van der Waals surface area contributed by atoms with E-state index in [-0.39, 0.29) is 13.2 Å². The van der Waals surface area contributed by atoms with Gasteiger partial charge in [-0.3, -0.25) is 0 Å². The van der Waals surface area contributed by atoms with Crippen LogP contribution in [0.3, 0.4) is 0 Å². The second-order valence-corrected chi connectivity index (χ2v) is 28.5. The van der Waals surface area contributed by atoms with Gasteiger partial charge in [-0.25, -0.2) is 4.79 Å². The van der Waals surface area contributed by atoms with Crippen molar-refractivity contribution in [1.82, 2.24) is 0 Å². The van der Waals surface area contributed by atoms with Crippen LogP contribution in [0.5, 0.6) is 0 Å². The van der Waals surface area contributed by atoms with Crippen LogP contribution in [0.4, 0.5) is 0 Å². The second-order valence-electron chi connectivity index (χ2n) is 11.5. The molecule has 0 amide bonds. The molecular weight excluding hydrogens is 505 g/mol. The fraction of sp³-hybridized carbons (Fsp3) is 0.864. The van der Waals surface area contributed by atoms with Gasteiger partial charge in [-0.2, -0.15) is 0 Å². The third kappa shape index (κ3) is 19.1.